The van der Waals surface area contributed by atoms with Crippen molar-refractivity contribution < 1.29 is 9.53 Å². The van der Waals surface area contributed by atoms with Crippen LogP contribution in [-0.4, -0.2) is 22.4 Å². The average molecular weight is 447 g/mol. The number of allylic oxidation sites excluding steroid dienone is 1. The van der Waals surface area contributed by atoms with Crippen LogP contribution in [0.4, 0.5) is 0 Å². The summed E-state index contributed by atoms with van der Waals surface area (Å²) in [4.78, 5) is 17.6. The number of aromatic nitrogens is 2. The number of carbonyl (C=O) groups is 1. The maximum Gasteiger partial charge on any atom is 0.221 e. The van der Waals surface area contributed by atoms with Crippen molar-refractivity contribution in [2.75, 3.05) is 7.11 Å². The number of rotatable bonds is 6. The lowest BCUT2D eigenvalue weighted by molar-refractivity contribution is 0.103. The SMILES string of the molecule is COc1ccc(/C=C/C(=O)c2nc3ccccc3n2Cc2ccc(Br)cc2)cc1. The van der Waals surface area contributed by atoms with Crippen molar-refractivity contribution in [2.45, 2.75) is 6.54 Å². The molecule has 4 nitrogen and oxygen atoms in total. The van der Waals surface area contributed by atoms with Crippen LogP contribution in [0.5, 0.6) is 5.75 Å². The normalized spacial score (nSPS) is 11.2. The highest BCUT2D eigenvalue weighted by Gasteiger charge is 2.15. The van der Waals surface area contributed by atoms with E-state index >= 15 is 0 Å². The average Bonchev–Trinajstić information content (AvgIpc) is 3.12. The highest BCUT2D eigenvalue weighted by atomic mass is 79.9. The summed E-state index contributed by atoms with van der Waals surface area (Å²) >= 11 is 3.46. The molecular weight excluding hydrogens is 428 g/mol. The van der Waals surface area contributed by atoms with Crippen LogP contribution in [0.15, 0.2) is 83.3 Å². The second kappa shape index (κ2) is 8.45. The number of carbonyl (C=O) groups excluding carboxylic acids is 1. The highest BCUT2D eigenvalue weighted by molar-refractivity contribution is 9.10. The molecule has 1 heterocycles. The summed E-state index contributed by atoms with van der Waals surface area (Å²) in [6.45, 7) is 0.575. The Morgan fingerprint density at radius 1 is 1.03 bits per heavy atom. The van der Waals surface area contributed by atoms with Crippen LogP contribution in [0.2, 0.25) is 0 Å². The molecule has 0 bridgehead atoms. The first-order chi connectivity index (χ1) is 14.1. The number of methoxy groups -OCH3 is 1. The minimum atomic E-state index is -0.130. The van der Waals surface area contributed by atoms with Gasteiger partial charge in [0.25, 0.3) is 0 Å². The molecule has 0 N–H and O–H groups in total. The molecule has 4 rings (SSSR count). The fourth-order valence-corrected chi connectivity index (χ4v) is 3.42. The van der Waals surface area contributed by atoms with Gasteiger partial charge in [-0.3, -0.25) is 4.79 Å². The zero-order valence-corrected chi connectivity index (χ0v) is 17.5. The first-order valence-corrected chi connectivity index (χ1v) is 9.99. The molecule has 0 radical (unpaired) electrons. The van der Waals surface area contributed by atoms with Gasteiger partial charge in [0.2, 0.25) is 5.78 Å². The Kier molecular flexibility index (Phi) is 5.58. The molecule has 144 valence electrons. The maximum absolute atomic E-state index is 13.0. The zero-order chi connectivity index (χ0) is 20.2. The van der Waals surface area contributed by atoms with E-state index in [9.17, 15) is 4.79 Å². The van der Waals surface area contributed by atoms with Gasteiger partial charge in [0, 0.05) is 11.0 Å². The summed E-state index contributed by atoms with van der Waals surface area (Å²) < 4.78 is 8.17. The predicted octanol–water partition coefficient (Wildman–Crippen LogP) is 5.75. The van der Waals surface area contributed by atoms with Crippen molar-refractivity contribution in [3.05, 3.63) is 100 Å². The van der Waals surface area contributed by atoms with Gasteiger partial charge in [-0.25, -0.2) is 4.98 Å². The van der Waals surface area contributed by atoms with Gasteiger partial charge in [-0.05, 0) is 53.6 Å². The van der Waals surface area contributed by atoms with E-state index in [0.717, 1.165) is 32.4 Å². The van der Waals surface area contributed by atoms with E-state index in [1.165, 1.54) is 0 Å². The van der Waals surface area contributed by atoms with Gasteiger partial charge in [0.05, 0.1) is 18.1 Å². The molecule has 0 aliphatic carbocycles. The number of ketones is 1. The first-order valence-electron chi connectivity index (χ1n) is 9.20. The highest BCUT2D eigenvalue weighted by Crippen LogP contribution is 2.20. The molecule has 4 aromatic rings. The van der Waals surface area contributed by atoms with Gasteiger partial charge < -0.3 is 9.30 Å². The van der Waals surface area contributed by atoms with Crippen molar-refractivity contribution >= 4 is 38.8 Å². The van der Waals surface area contributed by atoms with Gasteiger partial charge in [-0.1, -0.05) is 58.4 Å². The van der Waals surface area contributed by atoms with E-state index < -0.39 is 0 Å². The van der Waals surface area contributed by atoms with E-state index in [2.05, 4.69) is 20.9 Å². The van der Waals surface area contributed by atoms with Gasteiger partial charge in [-0.15, -0.1) is 0 Å². The predicted molar refractivity (Wildman–Crippen MR) is 119 cm³/mol. The molecular formula is C24H19BrN2O2. The lowest BCUT2D eigenvalue weighted by Gasteiger charge is -2.08. The number of hydrogen-bond acceptors (Lipinski definition) is 3. The quantitative estimate of drug-likeness (QED) is 0.279. The Balaban J connectivity index is 1.67. The molecule has 3 aromatic carbocycles. The standard InChI is InChI=1S/C24H19BrN2O2/c1-29-20-13-8-17(9-14-20)10-15-23(28)24-26-21-4-2-3-5-22(21)27(24)16-18-6-11-19(25)12-7-18/h2-15H,16H2,1H3/b15-10+. The number of ether oxygens (including phenoxy) is 1. The molecule has 0 unspecified atom stereocenters. The Morgan fingerprint density at radius 2 is 1.76 bits per heavy atom. The van der Waals surface area contributed by atoms with Crippen LogP contribution in [0, 0.1) is 0 Å². The maximum atomic E-state index is 13.0. The first kappa shape index (κ1) is 19.2. The smallest absolute Gasteiger partial charge is 0.221 e. The van der Waals surface area contributed by atoms with E-state index in [0.29, 0.717) is 12.4 Å². The van der Waals surface area contributed by atoms with Crippen LogP contribution in [-0.2, 0) is 6.54 Å². The summed E-state index contributed by atoms with van der Waals surface area (Å²) in [5, 5.41) is 0. The van der Waals surface area contributed by atoms with Gasteiger partial charge in [0.1, 0.15) is 5.75 Å². The summed E-state index contributed by atoms with van der Waals surface area (Å²) in [5.74, 6) is 1.08. The number of benzene rings is 3. The van der Waals surface area contributed by atoms with Gasteiger partial charge >= 0.3 is 0 Å². The van der Waals surface area contributed by atoms with Crippen molar-refractivity contribution in [1.82, 2.24) is 9.55 Å². The summed E-state index contributed by atoms with van der Waals surface area (Å²) in [7, 11) is 1.63. The number of para-hydroxylation sites is 2. The molecule has 0 saturated heterocycles. The van der Waals surface area contributed by atoms with Crippen molar-refractivity contribution in [3.8, 4) is 5.75 Å². The number of halogens is 1. The molecule has 0 aliphatic heterocycles. The van der Waals surface area contributed by atoms with Crippen molar-refractivity contribution in [1.29, 1.82) is 0 Å². The largest absolute Gasteiger partial charge is 0.497 e. The fourth-order valence-electron chi connectivity index (χ4n) is 3.16. The number of hydrogen-bond donors (Lipinski definition) is 0. The Labute approximate surface area is 177 Å². The molecule has 0 saturated carbocycles. The van der Waals surface area contributed by atoms with Crippen molar-refractivity contribution in [3.63, 3.8) is 0 Å². The van der Waals surface area contributed by atoms with E-state index in [-0.39, 0.29) is 5.78 Å². The molecule has 0 amide bonds. The molecule has 0 spiro atoms. The van der Waals surface area contributed by atoms with Crippen LogP contribution < -0.4 is 4.74 Å². The van der Waals surface area contributed by atoms with E-state index in [1.807, 2.05) is 77.4 Å². The molecule has 0 fully saturated rings. The Bertz CT molecular complexity index is 1180. The number of imidazole rings is 1. The topological polar surface area (TPSA) is 44.1 Å². The minimum Gasteiger partial charge on any atom is -0.497 e. The van der Waals surface area contributed by atoms with Crippen LogP contribution in [0.3, 0.4) is 0 Å². The lowest BCUT2D eigenvalue weighted by atomic mass is 10.2. The molecule has 0 atom stereocenters. The monoisotopic (exact) mass is 446 g/mol. The molecule has 1 aromatic heterocycles. The van der Waals surface area contributed by atoms with Crippen LogP contribution in [0.1, 0.15) is 21.7 Å². The molecule has 29 heavy (non-hydrogen) atoms. The summed E-state index contributed by atoms with van der Waals surface area (Å²) in [6.07, 6.45) is 3.37. The van der Waals surface area contributed by atoms with Crippen LogP contribution >= 0.6 is 15.9 Å². The Hall–Kier alpha value is -3.18. The van der Waals surface area contributed by atoms with Crippen molar-refractivity contribution in [2.24, 2.45) is 0 Å². The fraction of sp³-hybridized carbons (Fsp3) is 0.0833. The minimum absolute atomic E-state index is 0.130. The second-order valence-electron chi connectivity index (χ2n) is 6.61. The third-order valence-corrected chi connectivity index (χ3v) is 5.20. The summed E-state index contributed by atoms with van der Waals surface area (Å²) in [5.41, 5.74) is 3.78. The third kappa shape index (κ3) is 4.30. The third-order valence-electron chi connectivity index (χ3n) is 4.67. The zero-order valence-electron chi connectivity index (χ0n) is 15.9. The van der Waals surface area contributed by atoms with E-state index in [4.69, 9.17) is 4.74 Å². The van der Waals surface area contributed by atoms with E-state index in [1.54, 1.807) is 19.3 Å². The van der Waals surface area contributed by atoms with Gasteiger partial charge in [0.15, 0.2) is 5.82 Å². The summed E-state index contributed by atoms with van der Waals surface area (Å²) in [6, 6.07) is 23.5. The molecule has 0 aliphatic rings. The molecule has 5 heteroatoms. The number of nitrogens with zero attached hydrogens (tertiary/aromatic N) is 2. The second-order valence-corrected chi connectivity index (χ2v) is 7.52. The Morgan fingerprint density at radius 3 is 2.48 bits per heavy atom. The van der Waals surface area contributed by atoms with Gasteiger partial charge in [-0.2, -0.15) is 0 Å². The number of fused-ring (bicyclic) bond motifs is 1. The lowest BCUT2D eigenvalue weighted by Crippen LogP contribution is -2.09. The van der Waals surface area contributed by atoms with Crippen LogP contribution in [0.25, 0.3) is 17.1 Å².